The zero-order valence-electron chi connectivity index (χ0n) is 11.2. The van der Waals surface area contributed by atoms with Crippen LogP contribution in [0.15, 0.2) is 17.7 Å². The number of nitrogens with zero attached hydrogens (tertiary/aromatic N) is 1. The molecule has 0 aliphatic rings. The standard InChI is InChI=1S/C14H27NO2/c1-2-3-4-5-6-7-8-9-10-11-12-13-14-17-15-16/h13-14H,2-12H2,1H3/b14-13+. The summed E-state index contributed by atoms with van der Waals surface area (Å²) in [6.45, 7) is 2.25. The largest absolute Gasteiger partial charge is 0.332 e. The van der Waals surface area contributed by atoms with Gasteiger partial charge in [-0.2, -0.15) is 0 Å². The van der Waals surface area contributed by atoms with Gasteiger partial charge in [0, 0.05) is 0 Å². The highest BCUT2D eigenvalue weighted by molar-refractivity contribution is 4.72. The average Bonchev–Trinajstić information content (AvgIpc) is 2.35. The minimum absolute atomic E-state index is 0.978. The molecule has 0 bridgehead atoms. The smallest absolute Gasteiger partial charge is 0.160 e. The van der Waals surface area contributed by atoms with Crippen LogP contribution >= 0.6 is 0 Å². The number of allylic oxidation sites excluding steroid dienone is 1. The maximum atomic E-state index is 9.58. The summed E-state index contributed by atoms with van der Waals surface area (Å²) in [7, 11) is 0. The number of hydrogen-bond donors (Lipinski definition) is 0. The monoisotopic (exact) mass is 241 g/mol. The van der Waals surface area contributed by atoms with E-state index in [1.165, 1.54) is 70.5 Å². The molecule has 0 saturated heterocycles. The van der Waals surface area contributed by atoms with Gasteiger partial charge in [0.2, 0.25) is 0 Å². The molecule has 0 heterocycles. The fraction of sp³-hybridized carbons (Fsp3) is 0.857. The summed E-state index contributed by atoms with van der Waals surface area (Å²) in [5.74, 6) is 0. The average molecular weight is 241 g/mol. The van der Waals surface area contributed by atoms with E-state index in [4.69, 9.17) is 0 Å². The summed E-state index contributed by atoms with van der Waals surface area (Å²) in [6.07, 6.45) is 17.7. The Morgan fingerprint density at radius 1 is 0.882 bits per heavy atom. The van der Waals surface area contributed by atoms with E-state index in [1.54, 1.807) is 0 Å². The van der Waals surface area contributed by atoms with Gasteiger partial charge in [0.1, 0.15) is 6.26 Å². The van der Waals surface area contributed by atoms with Crippen LogP contribution in [0.3, 0.4) is 0 Å². The van der Waals surface area contributed by atoms with E-state index in [0.717, 1.165) is 6.42 Å². The SMILES string of the molecule is CCCCCCCCCCCC/C=C/ON=O. The minimum Gasteiger partial charge on any atom is -0.332 e. The molecule has 100 valence electrons. The number of rotatable bonds is 13. The Kier molecular flexibility index (Phi) is 14.4. The van der Waals surface area contributed by atoms with Gasteiger partial charge in [-0.05, 0) is 18.9 Å². The van der Waals surface area contributed by atoms with Crippen molar-refractivity contribution in [2.75, 3.05) is 0 Å². The first-order valence-electron chi connectivity index (χ1n) is 7.05. The summed E-state index contributed by atoms with van der Waals surface area (Å²) < 4.78 is 0. The van der Waals surface area contributed by atoms with Crippen molar-refractivity contribution in [3.63, 3.8) is 0 Å². The van der Waals surface area contributed by atoms with E-state index in [0.29, 0.717) is 0 Å². The first-order valence-corrected chi connectivity index (χ1v) is 7.05. The molecule has 0 aromatic heterocycles. The molecule has 0 N–H and O–H groups in total. The van der Waals surface area contributed by atoms with Gasteiger partial charge >= 0.3 is 0 Å². The van der Waals surface area contributed by atoms with Crippen LogP contribution in [0.1, 0.15) is 77.6 Å². The van der Waals surface area contributed by atoms with Crippen molar-refractivity contribution in [3.8, 4) is 0 Å². The molecule has 0 rings (SSSR count). The lowest BCUT2D eigenvalue weighted by molar-refractivity contribution is 0.261. The molecule has 17 heavy (non-hydrogen) atoms. The van der Waals surface area contributed by atoms with E-state index in [9.17, 15) is 4.91 Å². The zero-order chi connectivity index (χ0) is 12.6. The Hall–Kier alpha value is -0.860. The number of unbranched alkanes of at least 4 members (excludes halogenated alkanes) is 10. The third kappa shape index (κ3) is 15.1. The van der Waals surface area contributed by atoms with Crippen molar-refractivity contribution >= 4 is 0 Å². The van der Waals surface area contributed by atoms with Crippen molar-refractivity contribution in [1.29, 1.82) is 0 Å². The highest BCUT2D eigenvalue weighted by Gasteiger charge is 1.91. The van der Waals surface area contributed by atoms with Crippen LogP contribution in [0, 0.1) is 4.91 Å². The molecule has 3 nitrogen and oxygen atoms in total. The van der Waals surface area contributed by atoms with Crippen LogP contribution < -0.4 is 0 Å². The molecule has 0 amide bonds. The number of hydrogen-bond acceptors (Lipinski definition) is 3. The molecular weight excluding hydrogens is 214 g/mol. The normalized spacial score (nSPS) is 10.9. The topological polar surface area (TPSA) is 38.7 Å². The summed E-state index contributed by atoms with van der Waals surface area (Å²) in [5.41, 5.74) is 0. The van der Waals surface area contributed by atoms with Crippen LogP contribution in [0.5, 0.6) is 0 Å². The lowest BCUT2D eigenvalue weighted by atomic mass is 10.1. The summed E-state index contributed by atoms with van der Waals surface area (Å²) in [4.78, 5) is 13.8. The first-order chi connectivity index (χ1) is 8.41. The van der Waals surface area contributed by atoms with Gasteiger partial charge in [-0.15, -0.1) is 4.91 Å². The fourth-order valence-corrected chi connectivity index (χ4v) is 1.89. The lowest BCUT2D eigenvalue weighted by Gasteiger charge is -2.01. The van der Waals surface area contributed by atoms with Crippen molar-refractivity contribution in [1.82, 2.24) is 0 Å². The van der Waals surface area contributed by atoms with E-state index in [-0.39, 0.29) is 0 Å². The summed E-state index contributed by atoms with van der Waals surface area (Å²) in [5, 5.41) is 2.29. The molecule has 0 aromatic carbocycles. The summed E-state index contributed by atoms with van der Waals surface area (Å²) in [6, 6.07) is 0. The van der Waals surface area contributed by atoms with Gasteiger partial charge in [0.05, 0.1) is 0 Å². The molecule has 0 atom stereocenters. The maximum absolute atomic E-state index is 9.58. The maximum Gasteiger partial charge on any atom is 0.160 e. The van der Waals surface area contributed by atoms with Crippen LogP contribution in [0.4, 0.5) is 0 Å². The summed E-state index contributed by atoms with van der Waals surface area (Å²) >= 11 is 0. The first kappa shape index (κ1) is 16.1. The predicted molar refractivity (Wildman–Crippen MR) is 72.5 cm³/mol. The van der Waals surface area contributed by atoms with Crippen LogP contribution in [-0.4, -0.2) is 0 Å². The zero-order valence-corrected chi connectivity index (χ0v) is 11.2. The third-order valence-electron chi connectivity index (χ3n) is 2.92. The van der Waals surface area contributed by atoms with Gasteiger partial charge in [-0.1, -0.05) is 64.7 Å². The van der Waals surface area contributed by atoms with Crippen LogP contribution in [-0.2, 0) is 4.84 Å². The van der Waals surface area contributed by atoms with Crippen LogP contribution in [0.25, 0.3) is 0 Å². The van der Waals surface area contributed by atoms with Crippen molar-refractivity contribution in [2.45, 2.75) is 77.6 Å². The van der Waals surface area contributed by atoms with Crippen molar-refractivity contribution in [2.24, 2.45) is 5.34 Å². The highest BCUT2D eigenvalue weighted by atomic mass is 16.7. The fourth-order valence-electron chi connectivity index (χ4n) is 1.89. The highest BCUT2D eigenvalue weighted by Crippen LogP contribution is 2.11. The van der Waals surface area contributed by atoms with Gasteiger partial charge in [-0.3, -0.25) is 0 Å². The van der Waals surface area contributed by atoms with Crippen molar-refractivity contribution < 1.29 is 4.84 Å². The predicted octanol–water partition coefficient (Wildman–Crippen LogP) is 5.51. The Morgan fingerprint density at radius 3 is 1.94 bits per heavy atom. The molecule has 0 aliphatic carbocycles. The Morgan fingerprint density at radius 2 is 1.41 bits per heavy atom. The minimum atomic E-state index is 0.978. The van der Waals surface area contributed by atoms with Gasteiger partial charge in [0.15, 0.2) is 5.34 Å². The Balaban J connectivity index is 2.96. The van der Waals surface area contributed by atoms with Crippen molar-refractivity contribution in [3.05, 3.63) is 17.2 Å². The lowest BCUT2D eigenvalue weighted by Crippen LogP contribution is -1.81. The molecule has 0 aromatic rings. The van der Waals surface area contributed by atoms with Gasteiger partial charge in [-0.25, -0.2) is 0 Å². The van der Waals surface area contributed by atoms with Gasteiger partial charge < -0.3 is 4.84 Å². The Labute approximate surface area is 106 Å². The van der Waals surface area contributed by atoms with Gasteiger partial charge in [0.25, 0.3) is 0 Å². The second kappa shape index (κ2) is 15.1. The third-order valence-corrected chi connectivity index (χ3v) is 2.92. The molecule has 0 aliphatic heterocycles. The molecular formula is C14H27NO2. The quantitative estimate of drug-likeness (QED) is 0.184. The molecule has 0 fully saturated rings. The van der Waals surface area contributed by atoms with E-state index in [2.05, 4.69) is 17.1 Å². The molecule has 0 saturated carbocycles. The van der Waals surface area contributed by atoms with E-state index in [1.807, 2.05) is 6.08 Å². The molecule has 0 spiro atoms. The van der Waals surface area contributed by atoms with E-state index < -0.39 is 0 Å². The Bertz CT molecular complexity index is 181. The van der Waals surface area contributed by atoms with E-state index >= 15 is 0 Å². The second-order valence-electron chi connectivity index (χ2n) is 4.52. The molecule has 0 unspecified atom stereocenters. The molecule has 3 heteroatoms. The second-order valence-corrected chi connectivity index (χ2v) is 4.52. The van der Waals surface area contributed by atoms with Crippen LogP contribution in [0.2, 0.25) is 0 Å². The molecule has 0 radical (unpaired) electrons.